The van der Waals surface area contributed by atoms with E-state index < -0.39 is 0 Å². The van der Waals surface area contributed by atoms with Crippen molar-refractivity contribution in [2.75, 3.05) is 13.1 Å². The fourth-order valence-corrected chi connectivity index (χ4v) is 2.95. The van der Waals surface area contributed by atoms with Crippen molar-refractivity contribution in [1.82, 2.24) is 19.5 Å². The van der Waals surface area contributed by atoms with Crippen LogP contribution in [-0.2, 0) is 6.54 Å². The minimum absolute atomic E-state index is 0.845. The Labute approximate surface area is 143 Å². The largest absolute Gasteiger partial charge is 0.299 e. The molecule has 2 aromatic heterocycles. The molecule has 1 aromatic carbocycles. The van der Waals surface area contributed by atoms with Crippen molar-refractivity contribution < 1.29 is 0 Å². The predicted octanol–water partition coefficient (Wildman–Crippen LogP) is 4.27. The van der Waals surface area contributed by atoms with Gasteiger partial charge >= 0.3 is 0 Å². The summed E-state index contributed by atoms with van der Waals surface area (Å²) < 4.78 is 1.89. The highest BCUT2D eigenvalue weighted by atomic mass is 15.3. The Hall–Kier alpha value is -2.46. The quantitative estimate of drug-likeness (QED) is 0.652. The lowest BCUT2D eigenvalue weighted by atomic mass is 10.1. The van der Waals surface area contributed by atoms with Crippen LogP contribution in [-0.4, -0.2) is 32.6 Å². The topological polar surface area (TPSA) is 33.4 Å². The highest BCUT2D eigenvalue weighted by Crippen LogP contribution is 2.22. The highest BCUT2D eigenvalue weighted by molar-refractivity contribution is 5.64. The van der Waals surface area contributed by atoms with Gasteiger partial charge in [0.15, 0.2) is 5.65 Å². The van der Waals surface area contributed by atoms with Crippen LogP contribution in [0.2, 0.25) is 0 Å². The Morgan fingerprint density at radius 2 is 2.08 bits per heavy atom. The first-order valence-corrected chi connectivity index (χ1v) is 8.54. The van der Waals surface area contributed by atoms with E-state index in [2.05, 4.69) is 59.7 Å². The maximum Gasteiger partial charge on any atom is 0.154 e. The lowest BCUT2D eigenvalue weighted by molar-refractivity contribution is 0.280. The number of hydrogen-bond acceptors (Lipinski definition) is 3. The summed E-state index contributed by atoms with van der Waals surface area (Å²) in [5.74, 6) is 0. The summed E-state index contributed by atoms with van der Waals surface area (Å²) in [5, 5.41) is 4.59. The molecule has 0 aliphatic heterocycles. The van der Waals surface area contributed by atoms with Crippen LogP contribution in [0.1, 0.15) is 31.5 Å². The molecule has 124 valence electrons. The zero-order valence-electron chi connectivity index (χ0n) is 14.4. The molecule has 3 aromatic rings. The monoisotopic (exact) mass is 320 g/mol. The number of fused-ring (bicyclic) bond motifs is 1. The SMILES string of the molecule is C=Cc1ccc2ncc(-c3cccc(CN(CC)CCC)c3)n2n1. The maximum absolute atomic E-state index is 4.59. The zero-order chi connectivity index (χ0) is 16.9. The van der Waals surface area contributed by atoms with Crippen molar-refractivity contribution >= 4 is 11.7 Å². The molecule has 0 spiro atoms. The van der Waals surface area contributed by atoms with Gasteiger partial charge in [0.2, 0.25) is 0 Å². The van der Waals surface area contributed by atoms with Crippen molar-refractivity contribution in [1.29, 1.82) is 0 Å². The van der Waals surface area contributed by atoms with Crippen molar-refractivity contribution in [3.63, 3.8) is 0 Å². The van der Waals surface area contributed by atoms with Gasteiger partial charge in [-0.15, -0.1) is 0 Å². The molecule has 0 aliphatic carbocycles. The second-order valence-electron chi connectivity index (χ2n) is 5.94. The molecule has 0 saturated carbocycles. The molecular weight excluding hydrogens is 296 g/mol. The summed E-state index contributed by atoms with van der Waals surface area (Å²) in [6, 6.07) is 12.6. The molecule has 0 bridgehead atoms. The third-order valence-corrected chi connectivity index (χ3v) is 4.21. The summed E-state index contributed by atoms with van der Waals surface area (Å²) in [6.45, 7) is 11.4. The van der Waals surface area contributed by atoms with Gasteiger partial charge in [0.1, 0.15) is 0 Å². The summed E-state index contributed by atoms with van der Waals surface area (Å²) in [7, 11) is 0. The van der Waals surface area contributed by atoms with Gasteiger partial charge in [-0.05, 0) is 49.3 Å². The first-order valence-electron chi connectivity index (χ1n) is 8.54. The molecule has 3 rings (SSSR count). The van der Waals surface area contributed by atoms with Gasteiger partial charge in [-0.25, -0.2) is 9.50 Å². The molecule has 0 N–H and O–H groups in total. The van der Waals surface area contributed by atoms with E-state index in [1.807, 2.05) is 22.8 Å². The van der Waals surface area contributed by atoms with Gasteiger partial charge in [-0.3, -0.25) is 4.90 Å². The maximum atomic E-state index is 4.59. The second-order valence-corrected chi connectivity index (χ2v) is 5.94. The standard InChI is InChI=1S/C20H24N4/c1-4-12-23(6-3)15-16-8-7-9-17(13-16)19-14-21-20-11-10-18(5-2)22-24(19)20/h5,7-11,13-14H,2,4,6,12,15H2,1,3H3. The highest BCUT2D eigenvalue weighted by Gasteiger charge is 2.09. The molecule has 0 fully saturated rings. The van der Waals surface area contributed by atoms with E-state index in [-0.39, 0.29) is 0 Å². The summed E-state index contributed by atoms with van der Waals surface area (Å²) in [4.78, 5) is 6.92. The predicted molar refractivity (Wildman–Crippen MR) is 99.8 cm³/mol. The average Bonchev–Trinajstić information content (AvgIpc) is 3.04. The minimum atomic E-state index is 0.845. The Bertz CT molecular complexity index is 835. The van der Waals surface area contributed by atoms with E-state index in [0.717, 1.165) is 42.2 Å². The molecule has 0 unspecified atom stereocenters. The Balaban J connectivity index is 1.95. The third-order valence-electron chi connectivity index (χ3n) is 4.21. The van der Waals surface area contributed by atoms with Crippen LogP contribution in [0.25, 0.3) is 23.0 Å². The van der Waals surface area contributed by atoms with Crippen LogP contribution in [0.5, 0.6) is 0 Å². The molecule has 4 nitrogen and oxygen atoms in total. The van der Waals surface area contributed by atoms with E-state index in [1.54, 1.807) is 6.08 Å². The van der Waals surface area contributed by atoms with Crippen molar-refractivity contribution in [3.8, 4) is 11.3 Å². The number of hydrogen-bond donors (Lipinski definition) is 0. The molecule has 24 heavy (non-hydrogen) atoms. The normalized spacial score (nSPS) is 11.3. The molecular formula is C20H24N4. The molecule has 0 aliphatic rings. The first-order chi connectivity index (χ1) is 11.7. The van der Waals surface area contributed by atoms with E-state index >= 15 is 0 Å². The van der Waals surface area contributed by atoms with Crippen LogP contribution in [0.4, 0.5) is 0 Å². The summed E-state index contributed by atoms with van der Waals surface area (Å²) in [6.07, 6.45) is 4.82. The van der Waals surface area contributed by atoms with E-state index in [1.165, 1.54) is 12.0 Å². The first kappa shape index (κ1) is 16.4. The minimum Gasteiger partial charge on any atom is -0.299 e. The lowest BCUT2D eigenvalue weighted by Crippen LogP contribution is -2.23. The van der Waals surface area contributed by atoms with Crippen LogP contribution < -0.4 is 0 Å². The molecule has 0 atom stereocenters. The van der Waals surface area contributed by atoms with Crippen molar-refractivity contribution in [2.24, 2.45) is 0 Å². The van der Waals surface area contributed by atoms with Crippen LogP contribution >= 0.6 is 0 Å². The molecule has 0 radical (unpaired) electrons. The van der Waals surface area contributed by atoms with E-state index in [0.29, 0.717) is 0 Å². The molecule has 0 amide bonds. The van der Waals surface area contributed by atoms with E-state index in [9.17, 15) is 0 Å². The second kappa shape index (κ2) is 7.41. The fraction of sp³-hybridized carbons (Fsp3) is 0.300. The Morgan fingerprint density at radius 1 is 1.21 bits per heavy atom. The fourth-order valence-electron chi connectivity index (χ4n) is 2.95. The van der Waals surface area contributed by atoms with Crippen molar-refractivity contribution in [2.45, 2.75) is 26.8 Å². The van der Waals surface area contributed by atoms with Crippen LogP contribution in [0, 0.1) is 0 Å². The lowest BCUT2D eigenvalue weighted by Gasteiger charge is -2.19. The summed E-state index contributed by atoms with van der Waals surface area (Å²) >= 11 is 0. The number of nitrogens with zero attached hydrogens (tertiary/aromatic N) is 4. The number of imidazole rings is 1. The molecule has 4 heteroatoms. The van der Waals surface area contributed by atoms with Gasteiger partial charge in [-0.2, -0.15) is 5.10 Å². The average molecular weight is 320 g/mol. The van der Waals surface area contributed by atoms with Gasteiger partial charge in [-0.1, -0.05) is 38.6 Å². The molecule has 0 saturated heterocycles. The van der Waals surface area contributed by atoms with Crippen LogP contribution in [0.3, 0.4) is 0 Å². The van der Waals surface area contributed by atoms with Gasteiger partial charge in [0, 0.05) is 12.1 Å². The van der Waals surface area contributed by atoms with Gasteiger partial charge in [0.05, 0.1) is 17.6 Å². The summed E-state index contributed by atoms with van der Waals surface area (Å²) in [5.41, 5.74) is 5.16. The zero-order valence-corrected chi connectivity index (χ0v) is 14.4. The number of rotatable bonds is 7. The smallest absolute Gasteiger partial charge is 0.154 e. The Morgan fingerprint density at radius 3 is 2.83 bits per heavy atom. The van der Waals surface area contributed by atoms with E-state index in [4.69, 9.17) is 0 Å². The number of benzene rings is 1. The van der Waals surface area contributed by atoms with Crippen LogP contribution in [0.15, 0.2) is 49.2 Å². The Kier molecular flexibility index (Phi) is 5.06. The molecule has 2 heterocycles. The van der Waals surface area contributed by atoms with Crippen molar-refractivity contribution in [3.05, 3.63) is 60.4 Å². The number of aromatic nitrogens is 3. The van der Waals surface area contributed by atoms with Gasteiger partial charge in [0.25, 0.3) is 0 Å². The third kappa shape index (κ3) is 3.39. The van der Waals surface area contributed by atoms with Gasteiger partial charge < -0.3 is 0 Å².